The van der Waals surface area contributed by atoms with E-state index in [1.54, 1.807) is 6.92 Å². The van der Waals surface area contributed by atoms with Crippen molar-refractivity contribution in [3.8, 4) is 0 Å². The van der Waals surface area contributed by atoms with E-state index in [0.29, 0.717) is 6.42 Å². The van der Waals surface area contributed by atoms with Crippen LogP contribution in [0.3, 0.4) is 0 Å². The Morgan fingerprint density at radius 2 is 2.18 bits per heavy atom. The third kappa shape index (κ3) is 2.67. The number of nitrogens with zero attached hydrogens (tertiary/aromatic N) is 1. The highest BCUT2D eigenvalue weighted by Crippen LogP contribution is 2.25. The number of carboxylic acid groups (broad SMARTS) is 1. The fourth-order valence-electron chi connectivity index (χ4n) is 1.31. The minimum absolute atomic E-state index is 0.127. The lowest BCUT2D eigenvalue weighted by atomic mass is 10.3. The van der Waals surface area contributed by atoms with Crippen LogP contribution in [0.1, 0.15) is 29.9 Å². The molecule has 1 rings (SSSR count). The number of carbonyl (C=O) groups is 1. The minimum Gasteiger partial charge on any atom is -0.477 e. The molecule has 0 bridgehead atoms. The summed E-state index contributed by atoms with van der Waals surface area (Å²) in [7, 11) is -2.25. The fourth-order valence-corrected chi connectivity index (χ4v) is 3.97. The maximum absolute atomic E-state index is 12.2. The second kappa shape index (κ2) is 5.16. The summed E-state index contributed by atoms with van der Waals surface area (Å²) in [6.45, 7) is 3.66. The van der Waals surface area contributed by atoms with Gasteiger partial charge in [-0.3, -0.25) is 0 Å². The molecule has 0 aromatic carbocycles. The molecule has 0 amide bonds. The van der Waals surface area contributed by atoms with Gasteiger partial charge in [0.15, 0.2) is 0 Å². The van der Waals surface area contributed by atoms with Gasteiger partial charge in [-0.2, -0.15) is 4.31 Å². The summed E-state index contributed by atoms with van der Waals surface area (Å²) in [4.78, 5) is 10.7. The van der Waals surface area contributed by atoms with Gasteiger partial charge in [0.05, 0.1) is 0 Å². The second-order valence-corrected chi connectivity index (χ2v) is 6.58. The van der Waals surface area contributed by atoms with Crippen molar-refractivity contribution in [3.05, 3.63) is 16.3 Å². The van der Waals surface area contributed by atoms with E-state index in [4.69, 9.17) is 5.11 Å². The molecule has 0 fully saturated rings. The Morgan fingerprint density at radius 3 is 2.65 bits per heavy atom. The largest absolute Gasteiger partial charge is 0.477 e. The third-order valence-corrected chi connectivity index (χ3v) is 5.74. The van der Waals surface area contributed by atoms with Crippen molar-refractivity contribution in [2.45, 2.75) is 31.2 Å². The first kappa shape index (κ1) is 14.1. The molecule has 0 radical (unpaired) electrons. The predicted molar refractivity (Wildman–Crippen MR) is 66.0 cm³/mol. The summed E-state index contributed by atoms with van der Waals surface area (Å²) in [6.07, 6.45) is 0.669. The topological polar surface area (TPSA) is 74.7 Å². The number of aromatic carboxylic acids is 1. The van der Waals surface area contributed by atoms with Crippen LogP contribution in [0.25, 0.3) is 0 Å². The molecular formula is C10H15NO4S2. The standard InChI is InChI=1S/C10H15NO4S2/c1-4-7(2)11(3)17(14,15)8-5-6-16-9(8)10(12)13/h5-7H,4H2,1-3H3,(H,12,13). The Morgan fingerprint density at radius 1 is 1.59 bits per heavy atom. The maximum Gasteiger partial charge on any atom is 0.347 e. The summed E-state index contributed by atoms with van der Waals surface area (Å²) in [5, 5.41) is 10.4. The summed E-state index contributed by atoms with van der Waals surface area (Å²) >= 11 is 0.916. The highest BCUT2D eigenvalue weighted by molar-refractivity contribution is 7.89. The van der Waals surface area contributed by atoms with E-state index >= 15 is 0 Å². The molecule has 1 N–H and O–H groups in total. The van der Waals surface area contributed by atoms with Gasteiger partial charge in [-0.05, 0) is 24.8 Å². The van der Waals surface area contributed by atoms with Gasteiger partial charge in [-0.15, -0.1) is 11.3 Å². The summed E-state index contributed by atoms with van der Waals surface area (Å²) < 4.78 is 25.6. The van der Waals surface area contributed by atoms with Crippen molar-refractivity contribution in [2.24, 2.45) is 0 Å². The van der Waals surface area contributed by atoms with Crippen LogP contribution in [-0.2, 0) is 10.0 Å². The number of thiophene rings is 1. The van der Waals surface area contributed by atoms with Crippen LogP contribution < -0.4 is 0 Å². The Labute approximate surface area is 105 Å². The Hall–Kier alpha value is -0.920. The van der Waals surface area contributed by atoms with Crippen LogP contribution in [0.15, 0.2) is 16.3 Å². The van der Waals surface area contributed by atoms with E-state index < -0.39 is 16.0 Å². The van der Waals surface area contributed by atoms with Crippen LogP contribution in [0, 0.1) is 0 Å². The molecule has 1 unspecified atom stereocenters. The predicted octanol–water partition coefficient (Wildman–Crippen LogP) is 1.87. The van der Waals surface area contributed by atoms with Crippen LogP contribution in [0.2, 0.25) is 0 Å². The molecule has 0 saturated carbocycles. The number of hydrogen-bond acceptors (Lipinski definition) is 4. The average molecular weight is 277 g/mol. The number of sulfonamides is 1. The average Bonchev–Trinajstić information content (AvgIpc) is 2.76. The molecule has 1 heterocycles. The zero-order chi connectivity index (χ0) is 13.2. The Bertz CT molecular complexity index is 506. The van der Waals surface area contributed by atoms with Crippen molar-refractivity contribution >= 4 is 27.3 Å². The van der Waals surface area contributed by atoms with Gasteiger partial charge in [-0.25, -0.2) is 13.2 Å². The minimum atomic E-state index is -3.72. The summed E-state index contributed by atoms with van der Waals surface area (Å²) in [5.41, 5.74) is 0. The first-order valence-electron chi connectivity index (χ1n) is 5.11. The van der Waals surface area contributed by atoms with Gasteiger partial charge < -0.3 is 5.11 Å². The molecule has 5 nitrogen and oxygen atoms in total. The molecule has 0 aliphatic rings. The molecule has 0 spiro atoms. The number of hydrogen-bond donors (Lipinski definition) is 1. The van der Waals surface area contributed by atoms with Gasteiger partial charge in [0.1, 0.15) is 9.77 Å². The van der Waals surface area contributed by atoms with Gasteiger partial charge in [-0.1, -0.05) is 6.92 Å². The van der Waals surface area contributed by atoms with Gasteiger partial charge in [0.25, 0.3) is 0 Å². The summed E-state index contributed by atoms with van der Waals surface area (Å²) in [6, 6.07) is 1.17. The molecule has 0 aliphatic carbocycles. The molecule has 96 valence electrons. The van der Waals surface area contributed by atoms with Gasteiger partial charge >= 0.3 is 5.97 Å². The van der Waals surface area contributed by atoms with Crippen molar-refractivity contribution in [2.75, 3.05) is 7.05 Å². The van der Waals surface area contributed by atoms with Crippen LogP contribution in [0.5, 0.6) is 0 Å². The first-order chi connectivity index (χ1) is 7.82. The van der Waals surface area contributed by atoms with Crippen molar-refractivity contribution in [1.82, 2.24) is 4.31 Å². The fraction of sp³-hybridized carbons (Fsp3) is 0.500. The highest BCUT2D eigenvalue weighted by Gasteiger charge is 2.29. The zero-order valence-corrected chi connectivity index (χ0v) is 11.5. The Balaban J connectivity index is 3.22. The first-order valence-corrected chi connectivity index (χ1v) is 7.43. The molecular weight excluding hydrogens is 262 g/mol. The molecule has 7 heteroatoms. The van der Waals surface area contributed by atoms with Gasteiger partial charge in [0.2, 0.25) is 10.0 Å². The van der Waals surface area contributed by atoms with Crippen LogP contribution >= 0.6 is 11.3 Å². The van der Waals surface area contributed by atoms with E-state index in [2.05, 4.69) is 0 Å². The van der Waals surface area contributed by atoms with Crippen molar-refractivity contribution in [3.63, 3.8) is 0 Å². The molecule has 0 aliphatic heterocycles. The lowest BCUT2D eigenvalue weighted by molar-refractivity contribution is 0.0698. The van der Waals surface area contributed by atoms with Crippen molar-refractivity contribution in [1.29, 1.82) is 0 Å². The Kier molecular flexibility index (Phi) is 4.29. The van der Waals surface area contributed by atoms with E-state index in [9.17, 15) is 13.2 Å². The SMILES string of the molecule is CCC(C)N(C)S(=O)(=O)c1ccsc1C(=O)O. The van der Waals surface area contributed by atoms with E-state index in [1.807, 2.05) is 6.92 Å². The van der Waals surface area contributed by atoms with E-state index in [0.717, 1.165) is 11.3 Å². The molecule has 1 aromatic rings. The number of carboxylic acids is 1. The van der Waals surface area contributed by atoms with Crippen LogP contribution in [-0.4, -0.2) is 36.9 Å². The highest BCUT2D eigenvalue weighted by atomic mass is 32.2. The lowest BCUT2D eigenvalue weighted by Gasteiger charge is -2.22. The number of rotatable bonds is 5. The third-order valence-electron chi connectivity index (χ3n) is 2.69. The van der Waals surface area contributed by atoms with Crippen molar-refractivity contribution < 1.29 is 18.3 Å². The maximum atomic E-state index is 12.2. The second-order valence-electron chi connectivity index (χ2n) is 3.70. The van der Waals surface area contributed by atoms with E-state index in [1.165, 1.54) is 22.8 Å². The molecule has 17 heavy (non-hydrogen) atoms. The monoisotopic (exact) mass is 277 g/mol. The summed E-state index contributed by atoms with van der Waals surface area (Å²) in [5.74, 6) is -1.21. The zero-order valence-electron chi connectivity index (χ0n) is 9.87. The normalized spacial score (nSPS) is 13.9. The quantitative estimate of drug-likeness (QED) is 0.891. The molecule has 0 saturated heterocycles. The van der Waals surface area contributed by atoms with E-state index in [-0.39, 0.29) is 15.8 Å². The van der Waals surface area contributed by atoms with Gasteiger partial charge in [0, 0.05) is 13.1 Å². The smallest absolute Gasteiger partial charge is 0.347 e. The van der Waals surface area contributed by atoms with Crippen LogP contribution in [0.4, 0.5) is 0 Å². The molecule has 1 aromatic heterocycles. The lowest BCUT2D eigenvalue weighted by Crippen LogP contribution is -2.35. The molecule has 1 atom stereocenters.